The largest absolute Gasteiger partial charge is 0.459 e. The van der Waals surface area contributed by atoms with Crippen LogP contribution in [0.1, 0.15) is 26.3 Å². The lowest BCUT2D eigenvalue weighted by atomic mass is 10.2. The molecule has 0 saturated carbocycles. The van der Waals surface area contributed by atoms with E-state index in [1.807, 2.05) is 57.2 Å². The van der Waals surface area contributed by atoms with Gasteiger partial charge in [-0.05, 0) is 44.5 Å². The van der Waals surface area contributed by atoms with Crippen LogP contribution in [0.5, 0.6) is 0 Å². The highest BCUT2D eigenvalue weighted by Gasteiger charge is 2.18. The number of carbonyl (C=O) groups excluding carboxylic acids is 1. The van der Waals surface area contributed by atoms with Crippen LogP contribution in [0.15, 0.2) is 53.7 Å². The molecule has 0 N–H and O–H groups in total. The third kappa shape index (κ3) is 4.80. The van der Waals surface area contributed by atoms with Crippen LogP contribution < -0.4 is 0 Å². The molecule has 136 valence electrons. The van der Waals surface area contributed by atoms with E-state index in [0.29, 0.717) is 11.6 Å². The molecule has 6 heteroatoms. The van der Waals surface area contributed by atoms with Crippen molar-refractivity contribution < 1.29 is 9.53 Å². The van der Waals surface area contributed by atoms with Gasteiger partial charge in [-0.3, -0.25) is 4.79 Å². The SMILES string of the molecule is CC(C)(C)OC(=O)CSc1nc2cc(Cl)ccc2n1Cc1ccccc1. The summed E-state index contributed by atoms with van der Waals surface area (Å²) in [5.41, 5.74) is 2.49. The van der Waals surface area contributed by atoms with Gasteiger partial charge in [0.2, 0.25) is 0 Å². The number of benzene rings is 2. The minimum absolute atomic E-state index is 0.211. The summed E-state index contributed by atoms with van der Waals surface area (Å²) in [6, 6.07) is 15.8. The minimum atomic E-state index is -0.491. The van der Waals surface area contributed by atoms with Gasteiger partial charge in [0.05, 0.1) is 23.3 Å². The normalized spacial score (nSPS) is 11.7. The van der Waals surface area contributed by atoms with Gasteiger partial charge in [-0.2, -0.15) is 0 Å². The molecule has 4 nitrogen and oxygen atoms in total. The molecular weight excluding hydrogens is 368 g/mol. The molecule has 1 aromatic heterocycles. The third-order valence-electron chi connectivity index (χ3n) is 3.60. The van der Waals surface area contributed by atoms with Crippen LogP contribution in [0.25, 0.3) is 11.0 Å². The highest BCUT2D eigenvalue weighted by atomic mass is 35.5. The zero-order valence-corrected chi connectivity index (χ0v) is 16.6. The van der Waals surface area contributed by atoms with Crippen molar-refractivity contribution in [2.75, 3.05) is 5.75 Å². The van der Waals surface area contributed by atoms with E-state index in [0.717, 1.165) is 16.2 Å². The highest BCUT2D eigenvalue weighted by Crippen LogP contribution is 2.27. The van der Waals surface area contributed by atoms with E-state index in [1.165, 1.54) is 17.3 Å². The average molecular weight is 389 g/mol. The number of esters is 1. The molecule has 1 heterocycles. The smallest absolute Gasteiger partial charge is 0.316 e. The lowest BCUT2D eigenvalue weighted by Crippen LogP contribution is -2.25. The van der Waals surface area contributed by atoms with Gasteiger partial charge in [0.25, 0.3) is 0 Å². The Morgan fingerprint density at radius 3 is 2.62 bits per heavy atom. The van der Waals surface area contributed by atoms with Gasteiger partial charge in [0.1, 0.15) is 5.60 Å². The van der Waals surface area contributed by atoms with Gasteiger partial charge in [-0.15, -0.1) is 0 Å². The number of hydrogen-bond donors (Lipinski definition) is 0. The Morgan fingerprint density at radius 2 is 1.92 bits per heavy atom. The number of thioether (sulfide) groups is 1. The maximum atomic E-state index is 12.1. The third-order valence-corrected chi connectivity index (χ3v) is 4.78. The molecule has 0 atom stereocenters. The van der Waals surface area contributed by atoms with Crippen molar-refractivity contribution in [1.82, 2.24) is 9.55 Å². The van der Waals surface area contributed by atoms with Crippen LogP contribution in [0, 0.1) is 0 Å². The second kappa shape index (κ2) is 7.72. The highest BCUT2D eigenvalue weighted by molar-refractivity contribution is 7.99. The summed E-state index contributed by atoms with van der Waals surface area (Å²) in [7, 11) is 0. The first-order valence-electron chi connectivity index (χ1n) is 8.36. The average Bonchev–Trinajstić information content (AvgIpc) is 2.89. The molecule has 0 unspecified atom stereocenters. The molecule has 0 saturated heterocycles. The van der Waals surface area contributed by atoms with E-state index in [9.17, 15) is 4.79 Å². The van der Waals surface area contributed by atoms with E-state index in [2.05, 4.69) is 21.7 Å². The fraction of sp³-hybridized carbons (Fsp3) is 0.300. The Hall–Kier alpha value is -1.98. The zero-order chi connectivity index (χ0) is 18.7. The molecule has 26 heavy (non-hydrogen) atoms. The molecule has 0 aliphatic carbocycles. The van der Waals surface area contributed by atoms with Gasteiger partial charge in [0.15, 0.2) is 5.16 Å². The molecule has 0 bridgehead atoms. The summed E-state index contributed by atoms with van der Waals surface area (Å²) in [6.45, 7) is 6.27. The van der Waals surface area contributed by atoms with Crippen molar-refractivity contribution in [3.05, 3.63) is 59.1 Å². The number of nitrogens with zero attached hydrogens (tertiary/aromatic N) is 2. The van der Waals surface area contributed by atoms with Crippen LogP contribution in [0.4, 0.5) is 0 Å². The topological polar surface area (TPSA) is 44.1 Å². The van der Waals surface area contributed by atoms with Gasteiger partial charge in [0, 0.05) is 5.02 Å². The second-order valence-electron chi connectivity index (χ2n) is 6.97. The summed E-state index contributed by atoms with van der Waals surface area (Å²) in [4.78, 5) is 16.7. The molecule has 0 aliphatic heterocycles. The van der Waals surface area contributed by atoms with E-state index in [-0.39, 0.29) is 11.7 Å². The Bertz CT molecular complexity index is 917. The predicted octanol–water partition coefficient (Wildman–Crippen LogP) is 5.17. The van der Waals surface area contributed by atoms with Crippen molar-refractivity contribution in [3.8, 4) is 0 Å². The fourth-order valence-corrected chi connectivity index (χ4v) is 3.56. The summed E-state index contributed by atoms with van der Waals surface area (Å²) in [5, 5.41) is 1.42. The van der Waals surface area contributed by atoms with E-state index >= 15 is 0 Å². The number of aromatic nitrogens is 2. The quantitative estimate of drug-likeness (QED) is 0.446. The Morgan fingerprint density at radius 1 is 1.19 bits per heavy atom. The van der Waals surface area contributed by atoms with Crippen molar-refractivity contribution >= 4 is 40.4 Å². The van der Waals surface area contributed by atoms with Crippen LogP contribution in [0.3, 0.4) is 0 Å². The maximum absolute atomic E-state index is 12.1. The first-order chi connectivity index (χ1) is 12.3. The maximum Gasteiger partial charge on any atom is 0.316 e. The first kappa shape index (κ1) is 18.8. The number of ether oxygens (including phenoxy) is 1. The monoisotopic (exact) mass is 388 g/mol. The standard InChI is InChI=1S/C20H21ClN2O2S/c1-20(2,3)25-18(24)13-26-19-22-16-11-15(21)9-10-17(16)23(19)12-14-7-5-4-6-8-14/h4-11H,12-13H2,1-3H3. The lowest BCUT2D eigenvalue weighted by Gasteiger charge is -2.19. The van der Waals surface area contributed by atoms with Gasteiger partial charge >= 0.3 is 5.97 Å². The summed E-state index contributed by atoms with van der Waals surface area (Å²) >= 11 is 7.49. The number of carbonyl (C=O) groups is 1. The van der Waals surface area contributed by atoms with Crippen molar-refractivity contribution in [1.29, 1.82) is 0 Å². The van der Waals surface area contributed by atoms with Crippen LogP contribution >= 0.6 is 23.4 Å². The van der Waals surface area contributed by atoms with Crippen molar-refractivity contribution in [2.24, 2.45) is 0 Å². The van der Waals surface area contributed by atoms with E-state index in [4.69, 9.17) is 16.3 Å². The molecule has 0 aliphatic rings. The van der Waals surface area contributed by atoms with Crippen LogP contribution in [-0.4, -0.2) is 26.9 Å². The molecule has 0 spiro atoms. The second-order valence-corrected chi connectivity index (χ2v) is 8.35. The van der Waals surface area contributed by atoms with Gasteiger partial charge in [-0.1, -0.05) is 53.7 Å². The summed E-state index contributed by atoms with van der Waals surface area (Å²) < 4.78 is 7.50. The Labute approximate surface area is 162 Å². The first-order valence-corrected chi connectivity index (χ1v) is 9.72. The molecule has 3 aromatic rings. The van der Waals surface area contributed by atoms with Crippen molar-refractivity contribution in [3.63, 3.8) is 0 Å². The molecule has 2 aromatic carbocycles. The van der Waals surface area contributed by atoms with Crippen LogP contribution in [0.2, 0.25) is 5.02 Å². The predicted molar refractivity (Wildman–Crippen MR) is 107 cm³/mol. The Balaban J connectivity index is 1.88. The minimum Gasteiger partial charge on any atom is -0.459 e. The summed E-state index contributed by atoms with van der Waals surface area (Å²) in [6.07, 6.45) is 0. The van der Waals surface area contributed by atoms with E-state index in [1.54, 1.807) is 0 Å². The van der Waals surface area contributed by atoms with Crippen LogP contribution in [-0.2, 0) is 16.1 Å². The lowest BCUT2D eigenvalue weighted by molar-refractivity contribution is -0.151. The van der Waals surface area contributed by atoms with Gasteiger partial charge < -0.3 is 9.30 Å². The molecule has 0 fully saturated rings. The molecule has 3 rings (SSSR count). The van der Waals surface area contributed by atoms with Crippen molar-refractivity contribution in [2.45, 2.75) is 38.1 Å². The number of fused-ring (bicyclic) bond motifs is 1. The molecule has 0 amide bonds. The Kier molecular flexibility index (Phi) is 5.58. The van der Waals surface area contributed by atoms with E-state index < -0.39 is 5.60 Å². The molecular formula is C20H21ClN2O2S. The number of halogens is 1. The fourth-order valence-electron chi connectivity index (χ4n) is 2.60. The number of rotatable bonds is 5. The number of imidazole rings is 1. The molecule has 0 radical (unpaired) electrons. The summed E-state index contributed by atoms with van der Waals surface area (Å²) in [5.74, 6) is -0.0396. The number of hydrogen-bond acceptors (Lipinski definition) is 4. The van der Waals surface area contributed by atoms with Gasteiger partial charge in [-0.25, -0.2) is 4.98 Å². The zero-order valence-electron chi connectivity index (χ0n) is 15.0.